The van der Waals surface area contributed by atoms with E-state index < -0.39 is 0 Å². The number of hydrogen-bond donors (Lipinski definition) is 2. The third kappa shape index (κ3) is 5.59. The predicted molar refractivity (Wildman–Crippen MR) is 133 cm³/mol. The van der Waals surface area contributed by atoms with Crippen molar-refractivity contribution in [1.29, 1.82) is 0 Å². The highest BCUT2D eigenvalue weighted by Gasteiger charge is 2.24. The zero-order valence-corrected chi connectivity index (χ0v) is 20.2. The van der Waals surface area contributed by atoms with Gasteiger partial charge in [-0.15, -0.1) is 10.2 Å². The van der Waals surface area contributed by atoms with Crippen molar-refractivity contribution in [1.82, 2.24) is 20.2 Å². The van der Waals surface area contributed by atoms with Gasteiger partial charge in [-0.2, -0.15) is 5.10 Å². The Morgan fingerprint density at radius 3 is 2.71 bits per heavy atom. The maximum atomic E-state index is 12.4. The zero-order chi connectivity index (χ0) is 23.9. The van der Waals surface area contributed by atoms with Crippen molar-refractivity contribution in [2.24, 2.45) is 5.10 Å². The van der Waals surface area contributed by atoms with E-state index in [0.717, 1.165) is 29.4 Å². The number of hydrazone groups is 1. The van der Waals surface area contributed by atoms with E-state index in [2.05, 4.69) is 56.5 Å². The molecule has 34 heavy (non-hydrogen) atoms. The molecule has 1 aromatic heterocycles. The number of aromatic nitrogens is 3. The number of aromatic hydroxyl groups is 1. The third-order valence-electron chi connectivity index (χ3n) is 5.89. The number of thioether (sulfide) groups is 1. The molecular formula is C25H29N5O3S. The molecule has 0 bridgehead atoms. The number of hydrogen-bond acceptors (Lipinski definition) is 7. The van der Waals surface area contributed by atoms with Crippen LogP contribution in [0.3, 0.4) is 0 Å². The number of phenolic OH excluding ortho intramolecular Hbond substituents is 1. The smallest absolute Gasteiger partial charge is 0.250 e. The van der Waals surface area contributed by atoms with Crippen LogP contribution >= 0.6 is 11.8 Å². The van der Waals surface area contributed by atoms with Crippen molar-refractivity contribution in [3.63, 3.8) is 0 Å². The fourth-order valence-electron chi connectivity index (χ4n) is 4.09. The van der Waals surface area contributed by atoms with Crippen molar-refractivity contribution < 1.29 is 14.6 Å². The lowest BCUT2D eigenvalue weighted by molar-refractivity contribution is -0.118. The SMILES string of the molecule is COc1cccc(C=NNC(=O)CSc2nnc(-c3ccc(C)cc3)n2C2CCCCC2)c1O. The van der Waals surface area contributed by atoms with E-state index in [1.165, 1.54) is 49.9 Å². The molecule has 1 fully saturated rings. The van der Waals surface area contributed by atoms with Crippen LogP contribution in [0.5, 0.6) is 11.5 Å². The number of carbonyl (C=O) groups excluding carboxylic acids is 1. The van der Waals surface area contributed by atoms with E-state index in [9.17, 15) is 9.90 Å². The molecule has 1 aliphatic rings. The van der Waals surface area contributed by atoms with Gasteiger partial charge in [0.15, 0.2) is 22.5 Å². The van der Waals surface area contributed by atoms with Gasteiger partial charge in [-0.05, 0) is 31.9 Å². The number of para-hydroxylation sites is 1. The Hall–Kier alpha value is -3.33. The molecule has 1 heterocycles. The number of rotatable bonds is 8. The van der Waals surface area contributed by atoms with Gasteiger partial charge in [0, 0.05) is 17.2 Å². The molecule has 9 heteroatoms. The second kappa shape index (κ2) is 11.2. The van der Waals surface area contributed by atoms with Crippen molar-refractivity contribution >= 4 is 23.9 Å². The molecule has 0 unspecified atom stereocenters. The second-order valence-corrected chi connectivity index (χ2v) is 9.26. The van der Waals surface area contributed by atoms with Gasteiger partial charge in [0.1, 0.15) is 0 Å². The standard InChI is InChI=1S/C25H29N5O3S/c1-17-11-13-18(14-12-17)24-28-29-25(30(24)20-8-4-3-5-9-20)34-16-22(31)27-26-15-19-7-6-10-21(33-2)23(19)32/h6-7,10-15,20,32H,3-5,8-9,16H2,1-2H3,(H,27,31). The first-order valence-electron chi connectivity index (χ1n) is 11.4. The van der Waals surface area contributed by atoms with Gasteiger partial charge in [-0.3, -0.25) is 9.36 Å². The molecule has 3 aromatic rings. The largest absolute Gasteiger partial charge is 0.504 e. The van der Waals surface area contributed by atoms with Crippen LogP contribution in [-0.4, -0.2) is 44.9 Å². The molecule has 1 saturated carbocycles. The van der Waals surface area contributed by atoms with E-state index in [4.69, 9.17) is 4.74 Å². The summed E-state index contributed by atoms with van der Waals surface area (Å²) < 4.78 is 7.29. The molecule has 0 aliphatic heterocycles. The summed E-state index contributed by atoms with van der Waals surface area (Å²) in [4.78, 5) is 12.4. The molecule has 0 saturated heterocycles. The number of ether oxygens (including phenoxy) is 1. The Morgan fingerprint density at radius 2 is 1.97 bits per heavy atom. The summed E-state index contributed by atoms with van der Waals surface area (Å²) in [6.07, 6.45) is 7.19. The molecule has 4 rings (SSSR count). The molecule has 1 amide bonds. The van der Waals surface area contributed by atoms with Gasteiger partial charge in [-0.25, -0.2) is 5.43 Å². The third-order valence-corrected chi connectivity index (χ3v) is 6.83. The summed E-state index contributed by atoms with van der Waals surface area (Å²) >= 11 is 1.36. The first kappa shape index (κ1) is 23.8. The van der Waals surface area contributed by atoms with Gasteiger partial charge < -0.3 is 9.84 Å². The van der Waals surface area contributed by atoms with Crippen LogP contribution in [0.15, 0.2) is 52.7 Å². The summed E-state index contributed by atoms with van der Waals surface area (Å²) in [6.45, 7) is 2.06. The van der Waals surface area contributed by atoms with E-state index in [1.54, 1.807) is 18.2 Å². The van der Waals surface area contributed by atoms with Crippen LogP contribution in [0.25, 0.3) is 11.4 Å². The summed E-state index contributed by atoms with van der Waals surface area (Å²) in [5.74, 6) is 1.05. The van der Waals surface area contributed by atoms with Crippen molar-refractivity contribution in [3.8, 4) is 22.9 Å². The minimum Gasteiger partial charge on any atom is -0.504 e. The minimum absolute atomic E-state index is 0.0263. The lowest BCUT2D eigenvalue weighted by Gasteiger charge is -2.25. The molecule has 2 aromatic carbocycles. The summed E-state index contributed by atoms with van der Waals surface area (Å²) in [6, 6.07) is 13.7. The molecule has 8 nitrogen and oxygen atoms in total. The predicted octanol–water partition coefficient (Wildman–Crippen LogP) is 4.72. The lowest BCUT2D eigenvalue weighted by atomic mass is 9.95. The average molecular weight is 480 g/mol. The van der Waals surface area contributed by atoms with Gasteiger partial charge in [0.2, 0.25) is 0 Å². The number of carbonyl (C=O) groups is 1. The topological polar surface area (TPSA) is 102 Å². The van der Waals surface area contributed by atoms with Crippen LogP contribution in [0, 0.1) is 6.92 Å². The van der Waals surface area contributed by atoms with Gasteiger partial charge in [0.25, 0.3) is 5.91 Å². The van der Waals surface area contributed by atoms with Crippen LogP contribution in [0.1, 0.15) is 49.3 Å². The maximum absolute atomic E-state index is 12.4. The van der Waals surface area contributed by atoms with Crippen LogP contribution in [-0.2, 0) is 4.79 Å². The first-order chi connectivity index (χ1) is 16.6. The van der Waals surface area contributed by atoms with E-state index in [-0.39, 0.29) is 17.4 Å². The number of aryl methyl sites for hydroxylation is 1. The quantitative estimate of drug-likeness (QED) is 0.275. The van der Waals surface area contributed by atoms with Crippen molar-refractivity contribution in [3.05, 3.63) is 53.6 Å². The van der Waals surface area contributed by atoms with E-state index >= 15 is 0 Å². The Morgan fingerprint density at radius 1 is 1.21 bits per heavy atom. The second-order valence-electron chi connectivity index (χ2n) is 8.31. The number of nitrogens with one attached hydrogen (secondary N) is 1. The maximum Gasteiger partial charge on any atom is 0.250 e. The van der Waals surface area contributed by atoms with Crippen LogP contribution < -0.4 is 10.2 Å². The highest BCUT2D eigenvalue weighted by molar-refractivity contribution is 7.99. The zero-order valence-electron chi connectivity index (χ0n) is 19.4. The van der Waals surface area contributed by atoms with Crippen LogP contribution in [0.4, 0.5) is 0 Å². The molecule has 1 aliphatic carbocycles. The highest BCUT2D eigenvalue weighted by atomic mass is 32.2. The van der Waals surface area contributed by atoms with Crippen molar-refractivity contribution in [2.45, 2.75) is 50.2 Å². The molecule has 0 radical (unpaired) electrons. The van der Waals surface area contributed by atoms with Gasteiger partial charge in [-0.1, -0.05) is 66.9 Å². The molecule has 2 N–H and O–H groups in total. The fourth-order valence-corrected chi connectivity index (χ4v) is 4.89. The molecule has 178 valence electrons. The number of amides is 1. The van der Waals surface area contributed by atoms with Gasteiger partial charge in [0.05, 0.1) is 19.1 Å². The van der Waals surface area contributed by atoms with Gasteiger partial charge >= 0.3 is 0 Å². The normalized spacial score (nSPS) is 14.4. The number of nitrogens with zero attached hydrogens (tertiary/aromatic N) is 4. The van der Waals surface area contributed by atoms with E-state index in [0.29, 0.717) is 17.4 Å². The average Bonchev–Trinajstić information content (AvgIpc) is 3.29. The summed E-state index contributed by atoms with van der Waals surface area (Å²) in [5.41, 5.74) is 5.19. The minimum atomic E-state index is -0.265. The highest BCUT2D eigenvalue weighted by Crippen LogP contribution is 2.35. The number of benzene rings is 2. The summed E-state index contributed by atoms with van der Waals surface area (Å²) in [5, 5.41) is 23.7. The van der Waals surface area contributed by atoms with Crippen LogP contribution in [0.2, 0.25) is 0 Å². The monoisotopic (exact) mass is 479 g/mol. The Labute approximate surface area is 203 Å². The fraction of sp³-hybridized carbons (Fsp3) is 0.360. The Bertz CT molecular complexity index is 1150. The lowest BCUT2D eigenvalue weighted by Crippen LogP contribution is -2.20. The Balaban J connectivity index is 1.45. The first-order valence-corrected chi connectivity index (χ1v) is 12.4. The van der Waals surface area contributed by atoms with Crippen molar-refractivity contribution in [2.75, 3.05) is 12.9 Å². The number of methoxy groups -OCH3 is 1. The summed E-state index contributed by atoms with van der Waals surface area (Å²) in [7, 11) is 1.48. The molecule has 0 spiro atoms. The Kier molecular flexibility index (Phi) is 7.84. The molecule has 0 atom stereocenters. The van der Waals surface area contributed by atoms with E-state index in [1.807, 2.05) is 0 Å². The molecular weight excluding hydrogens is 450 g/mol. The number of phenols is 1.